The number of aryl methyl sites for hydroxylation is 1. The number of aliphatic hydroxyl groups excluding tert-OH is 1. The lowest BCUT2D eigenvalue weighted by Gasteiger charge is -2.14. The Morgan fingerprint density at radius 2 is 1.81 bits per heavy atom. The van der Waals surface area contributed by atoms with Crippen molar-refractivity contribution in [1.29, 1.82) is 0 Å². The van der Waals surface area contributed by atoms with Gasteiger partial charge in [0, 0.05) is 18.4 Å². The molecule has 0 saturated carbocycles. The minimum absolute atomic E-state index is 0.0514. The van der Waals surface area contributed by atoms with Crippen molar-refractivity contribution in [3.8, 4) is 5.75 Å². The molecule has 26 heavy (non-hydrogen) atoms. The van der Waals surface area contributed by atoms with Gasteiger partial charge in [-0.2, -0.15) is 0 Å². The monoisotopic (exact) mass is 377 g/mol. The molecule has 0 fully saturated rings. The topological polar surface area (TPSA) is 92.7 Å². The number of nitrogens with one attached hydrogen (secondary N) is 1. The van der Waals surface area contributed by atoms with Crippen LogP contribution in [0.25, 0.3) is 0 Å². The van der Waals surface area contributed by atoms with Gasteiger partial charge in [-0.15, -0.1) is 0 Å². The van der Waals surface area contributed by atoms with E-state index in [-0.39, 0.29) is 24.8 Å². The Balaban J connectivity index is 1.81. The molecule has 0 radical (unpaired) electrons. The van der Waals surface area contributed by atoms with Gasteiger partial charge in [0.15, 0.2) is 9.84 Å². The molecule has 0 bridgehead atoms. The summed E-state index contributed by atoms with van der Waals surface area (Å²) in [5.41, 5.74) is 1.99. The molecule has 0 aliphatic heterocycles. The number of para-hydroxylation sites is 1. The fraction of sp³-hybridized carbons (Fsp3) is 0.316. The Labute approximate surface area is 153 Å². The molecule has 1 unspecified atom stereocenters. The van der Waals surface area contributed by atoms with Crippen LogP contribution in [0.15, 0.2) is 48.5 Å². The average Bonchev–Trinajstić information content (AvgIpc) is 2.58. The van der Waals surface area contributed by atoms with E-state index in [1.807, 2.05) is 31.2 Å². The van der Waals surface area contributed by atoms with Crippen molar-refractivity contribution in [3.63, 3.8) is 0 Å². The van der Waals surface area contributed by atoms with E-state index in [9.17, 15) is 18.3 Å². The van der Waals surface area contributed by atoms with Crippen molar-refractivity contribution in [3.05, 3.63) is 65.2 Å². The fourth-order valence-electron chi connectivity index (χ4n) is 2.33. The molecular formula is C19H23NO5S. The minimum atomic E-state index is -3.11. The molecular weight excluding hydrogens is 354 g/mol. The van der Waals surface area contributed by atoms with Gasteiger partial charge >= 0.3 is 0 Å². The molecule has 2 aromatic rings. The number of carbonyl (C=O) groups is 1. The maximum atomic E-state index is 12.1. The third-order valence-corrected chi connectivity index (χ3v) is 4.53. The fourth-order valence-corrected chi connectivity index (χ4v) is 3.13. The molecule has 2 rings (SSSR count). The molecule has 0 heterocycles. The lowest BCUT2D eigenvalue weighted by Crippen LogP contribution is -2.35. The smallest absolute Gasteiger partial charge is 0.251 e. The van der Waals surface area contributed by atoms with E-state index >= 15 is 0 Å². The highest BCUT2D eigenvalue weighted by molar-refractivity contribution is 7.89. The first-order chi connectivity index (χ1) is 12.2. The van der Waals surface area contributed by atoms with E-state index in [4.69, 9.17) is 4.74 Å². The lowest BCUT2D eigenvalue weighted by atomic mass is 10.1. The van der Waals surface area contributed by atoms with Crippen molar-refractivity contribution in [2.24, 2.45) is 0 Å². The molecule has 0 aromatic heterocycles. The number of carbonyl (C=O) groups excluding carboxylic acids is 1. The second kappa shape index (κ2) is 8.82. The van der Waals surface area contributed by atoms with Gasteiger partial charge in [-0.05, 0) is 36.2 Å². The van der Waals surface area contributed by atoms with Gasteiger partial charge in [0.1, 0.15) is 18.5 Å². The van der Waals surface area contributed by atoms with Crippen LogP contribution >= 0.6 is 0 Å². The van der Waals surface area contributed by atoms with Crippen LogP contribution in [0.1, 0.15) is 21.5 Å². The Morgan fingerprint density at radius 3 is 2.42 bits per heavy atom. The highest BCUT2D eigenvalue weighted by Gasteiger charge is 2.11. The number of amides is 1. The summed E-state index contributed by atoms with van der Waals surface area (Å²) in [5.74, 6) is 0.286. The molecule has 7 heteroatoms. The molecule has 1 atom stereocenters. The second-order valence-corrected chi connectivity index (χ2v) is 8.35. The van der Waals surface area contributed by atoms with Gasteiger partial charge in [0.25, 0.3) is 5.91 Å². The summed E-state index contributed by atoms with van der Waals surface area (Å²) in [6, 6.07) is 13.8. The van der Waals surface area contributed by atoms with E-state index in [1.165, 1.54) is 0 Å². The number of hydrogen-bond donors (Lipinski definition) is 2. The average molecular weight is 377 g/mol. The molecule has 1 amide bonds. The second-order valence-electron chi connectivity index (χ2n) is 6.21. The summed E-state index contributed by atoms with van der Waals surface area (Å²) >= 11 is 0. The standard InChI is InChI=1S/C19H23NO5S/c1-14-5-3-4-6-18(14)25-12-17(21)11-20-19(22)16-9-7-15(8-10-16)13-26(2,23)24/h3-10,17,21H,11-13H2,1-2H3,(H,20,22). The Hall–Kier alpha value is -2.38. The van der Waals surface area contributed by atoms with E-state index in [2.05, 4.69) is 5.32 Å². The number of ether oxygens (including phenoxy) is 1. The van der Waals surface area contributed by atoms with Crippen LogP contribution in [-0.4, -0.2) is 44.9 Å². The van der Waals surface area contributed by atoms with Crippen molar-refractivity contribution in [2.75, 3.05) is 19.4 Å². The Morgan fingerprint density at radius 1 is 1.15 bits per heavy atom. The van der Waals surface area contributed by atoms with Crippen LogP contribution in [0.2, 0.25) is 0 Å². The normalized spacial score (nSPS) is 12.4. The molecule has 0 aliphatic rings. The lowest BCUT2D eigenvalue weighted by molar-refractivity contribution is 0.0842. The summed E-state index contributed by atoms with van der Waals surface area (Å²) in [6.45, 7) is 2.03. The van der Waals surface area contributed by atoms with E-state index < -0.39 is 15.9 Å². The quantitative estimate of drug-likeness (QED) is 0.731. The molecule has 2 aromatic carbocycles. The highest BCUT2D eigenvalue weighted by Crippen LogP contribution is 2.16. The summed E-state index contributed by atoms with van der Waals surface area (Å²) in [4.78, 5) is 12.1. The van der Waals surface area contributed by atoms with Crippen LogP contribution in [0.5, 0.6) is 5.75 Å². The zero-order chi connectivity index (χ0) is 19.2. The first-order valence-electron chi connectivity index (χ1n) is 8.16. The largest absolute Gasteiger partial charge is 0.491 e. The Kier molecular flexibility index (Phi) is 6.76. The van der Waals surface area contributed by atoms with Crippen molar-refractivity contribution >= 4 is 15.7 Å². The summed E-state index contributed by atoms with van der Waals surface area (Å²) in [5, 5.41) is 12.6. The molecule has 0 aliphatic carbocycles. The van der Waals surface area contributed by atoms with E-state index in [1.54, 1.807) is 24.3 Å². The third kappa shape index (κ3) is 6.50. The SMILES string of the molecule is Cc1ccccc1OCC(O)CNC(=O)c1ccc(CS(C)(=O)=O)cc1. The zero-order valence-corrected chi connectivity index (χ0v) is 15.6. The third-order valence-electron chi connectivity index (χ3n) is 3.67. The number of sulfone groups is 1. The van der Waals surface area contributed by atoms with Crippen LogP contribution < -0.4 is 10.1 Å². The molecule has 140 valence electrons. The first-order valence-corrected chi connectivity index (χ1v) is 10.2. The highest BCUT2D eigenvalue weighted by atomic mass is 32.2. The number of hydrogen-bond acceptors (Lipinski definition) is 5. The number of rotatable bonds is 8. The molecule has 0 saturated heterocycles. The summed E-state index contributed by atoms with van der Waals surface area (Å²) in [7, 11) is -3.11. The number of benzene rings is 2. The van der Waals surface area contributed by atoms with Crippen LogP contribution in [0, 0.1) is 6.92 Å². The number of aliphatic hydroxyl groups is 1. The summed E-state index contributed by atoms with van der Waals surface area (Å²) < 4.78 is 28.1. The molecule has 6 nitrogen and oxygen atoms in total. The van der Waals surface area contributed by atoms with Crippen molar-refractivity contribution in [1.82, 2.24) is 5.32 Å². The van der Waals surface area contributed by atoms with E-state index in [0.29, 0.717) is 16.9 Å². The van der Waals surface area contributed by atoms with Crippen LogP contribution in [0.4, 0.5) is 0 Å². The Bertz CT molecular complexity index is 846. The molecule has 2 N–H and O–H groups in total. The van der Waals surface area contributed by atoms with Crippen LogP contribution in [0.3, 0.4) is 0 Å². The molecule has 0 spiro atoms. The van der Waals surface area contributed by atoms with Gasteiger partial charge in [-0.25, -0.2) is 8.42 Å². The van der Waals surface area contributed by atoms with Crippen molar-refractivity contribution < 1.29 is 23.1 Å². The van der Waals surface area contributed by atoms with Crippen molar-refractivity contribution in [2.45, 2.75) is 18.8 Å². The van der Waals surface area contributed by atoms with Gasteiger partial charge in [0.05, 0.1) is 5.75 Å². The zero-order valence-electron chi connectivity index (χ0n) is 14.8. The summed E-state index contributed by atoms with van der Waals surface area (Å²) in [6.07, 6.45) is 0.316. The van der Waals surface area contributed by atoms with Gasteiger partial charge < -0.3 is 15.2 Å². The predicted molar refractivity (Wildman–Crippen MR) is 100 cm³/mol. The minimum Gasteiger partial charge on any atom is -0.491 e. The van der Waals surface area contributed by atoms with E-state index in [0.717, 1.165) is 11.8 Å². The predicted octanol–water partition coefficient (Wildman–Crippen LogP) is 1.71. The van der Waals surface area contributed by atoms with Gasteiger partial charge in [-0.1, -0.05) is 30.3 Å². The maximum absolute atomic E-state index is 12.1. The van der Waals surface area contributed by atoms with Crippen LogP contribution in [-0.2, 0) is 15.6 Å². The maximum Gasteiger partial charge on any atom is 0.251 e. The first kappa shape index (κ1) is 19.9. The van der Waals surface area contributed by atoms with Gasteiger partial charge in [-0.3, -0.25) is 4.79 Å². The van der Waals surface area contributed by atoms with Gasteiger partial charge in [0.2, 0.25) is 0 Å².